The summed E-state index contributed by atoms with van der Waals surface area (Å²) in [5, 5.41) is 66.6. The zero-order valence-electron chi connectivity index (χ0n) is 35.0. The second-order valence-corrected chi connectivity index (χ2v) is 20.1. The Balaban J connectivity index is 0.000000193. The van der Waals surface area contributed by atoms with Gasteiger partial charge in [-0.1, -0.05) is 24.3 Å². The van der Waals surface area contributed by atoms with E-state index in [1.54, 1.807) is 24.3 Å². The first kappa shape index (κ1) is 53.0. The molecule has 6 aliphatic heterocycles. The summed E-state index contributed by atoms with van der Waals surface area (Å²) in [4.78, 5) is 46.2. The molecule has 6 saturated heterocycles. The average Bonchev–Trinajstić information content (AvgIpc) is 4.13. The molecule has 4 N–H and O–H groups in total. The first-order chi connectivity index (χ1) is 31.0. The third-order valence-corrected chi connectivity index (χ3v) is 16.2. The number of quaternary nitrogens is 2. The molecule has 0 saturated carbocycles. The number of alkyl halides is 6. The molecule has 0 radical (unpaired) electrons. The summed E-state index contributed by atoms with van der Waals surface area (Å²) in [5.41, 5.74) is -3.48. The number of nitrogens with zero attached hydrogens (tertiary/aromatic N) is 2. The Morgan fingerprint density at radius 1 is 0.561 bits per heavy atom. The van der Waals surface area contributed by atoms with E-state index in [0.717, 1.165) is 73.9 Å². The number of piperidine rings is 6. The van der Waals surface area contributed by atoms with Crippen molar-refractivity contribution in [3.63, 3.8) is 0 Å². The SMILES string of the molecule is O=C(O[C@H]1C[N+]2(CCO)CCC1CC2)C(O)(c1cccs1)c1cccs1.O=C(O[C@H]1C[N+]2(CCO)CCC1CC2)C(O)(c1cccs1)c1cccs1.O=C([O-])C(F)(F)F.O=C([O-])C(F)(F)F. The Labute approximate surface area is 390 Å². The number of halogens is 6. The molecule has 24 heteroatoms. The molecule has 10 rings (SSSR count). The van der Waals surface area contributed by atoms with Crippen molar-refractivity contribution in [2.45, 2.75) is 61.4 Å². The van der Waals surface area contributed by atoms with E-state index in [4.69, 9.17) is 29.3 Å². The van der Waals surface area contributed by atoms with Crippen LogP contribution in [0.2, 0.25) is 0 Å². The molecule has 0 aromatic carbocycles. The highest BCUT2D eigenvalue weighted by molar-refractivity contribution is 7.12. The van der Waals surface area contributed by atoms with Crippen molar-refractivity contribution in [1.82, 2.24) is 0 Å². The Morgan fingerprint density at radius 2 is 0.818 bits per heavy atom. The minimum atomic E-state index is -5.19. The molecule has 10 heterocycles. The summed E-state index contributed by atoms with van der Waals surface area (Å²) in [6, 6.07) is 14.5. The van der Waals surface area contributed by atoms with Crippen LogP contribution in [0.3, 0.4) is 0 Å². The molecule has 0 unspecified atom stereocenters. The summed E-state index contributed by atoms with van der Waals surface area (Å²) in [5.74, 6) is -6.46. The normalized spacial score (nSPS) is 24.6. The van der Waals surface area contributed by atoms with E-state index < -0.39 is 47.4 Å². The number of carbonyl (C=O) groups is 4. The maximum absolute atomic E-state index is 13.2. The lowest BCUT2D eigenvalue weighted by molar-refractivity contribution is -0.946. The summed E-state index contributed by atoms with van der Waals surface area (Å²) < 4.78 is 76.6. The summed E-state index contributed by atoms with van der Waals surface area (Å²) >= 11 is 5.44. The van der Waals surface area contributed by atoms with E-state index in [0.29, 0.717) is 44.4 Å². The Morgan fingerprint density at radius 3 is 1.02 bits per heavy atom. The van der Waals surface area contributed by atoms with Gasteiger partial charge in [0.25, 0.3) is 0 Å². The Kier molecular flexibility index (Phi) is 17.6. The first-order valence-electron chi connectivity index (χ1n) is 20.5. The third-order valence-electron chi connectivity index (χ3n) is 12.3. The second-order valence-electron chi connectivity index (χ2n) is 16.3. The van der Waals surface area contributed by atoms with E-state index in [1.165, 1.54) is 45.3 Å². The van der Waals surface area contributed by atoms with Gasteiger partial charge in [0.1, 0.15) is 38.1 Å². The zero-order chi connectivity index (χ0) is 48.6. The number of aliphatic hydroxyl groups is 4. The maximum Gasteiger partial charge on any atom is 0.430 e. The fraction of sp³-hybridized carbons (Fsp3) is 0.524. The topological polar surface area (TPSA) is 214 Å². The minimum absolute atomic E-state index is 0.152. The molecule has 364 valence electrons. The minimum Gasteiger partial charge on any atom is -0.542 e. The van der Waals surface area contributed by atoms with E-state index in [1.807, 2.05) is 45.8 Å². The molecule has 6 fully saturated rings. The molecule has 0 aliphatic carbocycles. The lowest BCUT2D eigenvalue weighted by Gasteiger charge is -2.52. The molecule has 4 aromatic rings. The van der Waals surface area contributed by atoms with Gasteiger partial charge in [0.05, 0.1) is 58.9 Å². The van der Waals surface area contributed by atoms with Crippen LogP contribution in [0.5, 0.6) is 0 Å². The second kappa shape index (κ2) is 22.0. The molecule has 4 aromatic heterocycles. The van der Waals surface area contributed by atoms with E-state index in [9.17, 15) is 56.4 Å². The largest absolute Gasteiger partial charge is 0.542 e. The number of aliphatic hydroxyl groups excluding tert-OH is 2. The number of carboxylic acid groups (broad SMARTS) is 2. The highest BCUT2D eigenvalue weighted by atomic mass is 32.1. The number of carbonyl (C=O) groups excluding carboxylic acids is 4. The molecule has 2 atom stereocenters. The van der Waals surface area contributed by atoms with Crippen LogP contribution in [0.1, 0.15) is 45.2 Å². The summed E-state index contributed by atoms with van der Waals surface area (Å²) in [7, 11) is 0. The van der Waals surface area contributed by atoms with Crippen molar-refractivity contribution < 1.29 is 94.6 Å². The average molecular weight is 1020 g/mol. The fourth-order valence-corrected chi connectivity index (χ4v) is 12.2. The molecule has 14 nitrogen and oxygen atoms in total. The van der Waals surface area contributed by atoms with Crippen LogP contribution in [0.4, 0.5) is 26.3 Å². The Hall–Kier alpha value is -3.98. The van der Waals surface area contributed by atoms with E-state index in [-0.39, 0.29) is 25.4 Å². The van der Waals surface area contributed by atoms with Gasteiger partial charge in [0.15, 0.2) is 12.2 Å². The van der Waals surface area contributed by atoms with Crippen LogP contribution < -0.4 is 10.2 Å². The van der Waals surface area contributed by atoms with Gasteiger partial charge in [-0.25, -0.2) is 9.59 Å². The number of hydrogen-bond acceptors (Lipinski definition) is 16. The van der Waals surface area contributed by atoms with E-state index >= 15 is 0 Å². The van der Waals surface area contributed by atoms with Gasteiger partial charge in [-0.3, -0.25) is 0 Å². The van der Waals surface area contributed by atoms with Crippen LogP contribution in [0.25, 0.3) is 0 Å². The number of ether oxygens (including phenoxy) is 2. The van der Waals surface area contributed by atoms with Crippen molar-refractivity contribution in [2.75, 3.05) is 65.6 Å². The van der Waals surface area contributed by atoms with Gasteiger partial charge in [0, 0.05) is 37.5 Å². The molecule has 4 bridgehead atoms. The number of aliphatic carboxylic acids is 2. The van der Waals surface area contributed by atoms with Gasteiger partial charge in [-0.05, 0) is 45.8 Å². The predicted octanol–water partition coefficient (Wildman–Crippen LogP) is 2.98. The van der Waals surface area contributed by atoms with Gasteiger partial charge in [0.2, 0.25) is 11.2 Å². The lowest BCUT2D eigenvalue weighted by atomic mass is 9.83. The van der Waals surface area contributed by atoms with Crippen LogP contribution in [-0.2, 0) is 39.9 Å². The van der Waals surface area contributed by atoms with Crippen molar-refractivity contribution in [2.24, 2.45) is 11.8 Å². The first-order valence-corrected chi connectivity index (χ1v) is 24.1. The Bertz CT molecular complexity index is 1920. The molecular formula is C42H48F6N2O12S4. The monoisotopic (exact) mass is 1010 g/mol. The summed E-state index contributed by atoms with van der Waals surface area (Å²) in [6.07, 6.45) is -6.74. The van der Waals surface area contributed by atoms with Crippen LogP contribution in [0.15, 0.2) is 70.1 Å². The highest BCUT2D eigenvalue weighted by Gasteiger charge is 2.53. The summed E-state index contributed by atoms with van der Waals surface area (Å²) in [6.45, 7) is 7.36. The number of fused-ring (bicyclic) bond motifs is 6. The van der Waals surface area contributed by atoms with Gasteiger partial charge < -0.3 is 58.7 Å². The van der Waals surface area contributed by atoms with Gasteiger partial charge >= 0.3 is 24.3 Å². The molecule has 0 spiro atoms. The molecule has 66 heavy (non-hydrogen) atoms. The standard InChI is InChI=1S/2C19H24NO4S2.2C2HF3O2/c2*21-10-9-20-7-5-14(6-8-20)15(13-20)24-18(22)19(23,16-3-1-11-25-16)17-4-2-12-26-17;2*3-2(4,5)1(6)7/h2*1-4,11-12,14-15,21,23H,5-10,13H2;2*(H,6,7)/q2*+1;;/p-2/t2*14?,15-,20?;;/m00../s1. The highest BCUT2D eigenvalue weighted by Crippen LogP contribution is 2.42. The third kappa shape index (κ3) is 12.4. The number of thiophene rings is 4. The van der Waals surface area contributed by atoms with Crippen molar-refractivity contribution in [1.29, 1.82) is 0 Å². The zero-order valence-corrected chi connectivity index (χ0v) is 38.3. The number of carboxylic acids is 2. The van der Waals surface area contributed by atoms with E-state index in [2.05, 4.69) is 0 Å². The van der Waals surface area contributed by atoms with Gasteiger partial charge in [-0.2, -0.15) is 26.3 Å². The fourth-order valence-electron chi connectivity index (χ4n) is 8.79. The van der Waals surface area contributed by atoms with Crippen molar-refractivity contribution >= 4 is 69.2 Å². The van der Waals surface area contributed by atoms with Crippen LogP contribution in [-0.4, -0.2) is 143 Å². The number of hydrogen-bond donors (Lipinski definition) is 4. The van der Waals surface area contributed by atoms with Crippen LogP contribution >= 0.6 is 45.3 Å². The number of rotatable bonds is 12. The molecule has 6 aliphatic rings. The smallest absolute Gasteiger partial charge is 0.430 e. The quantitative estimate of drug-likeness (QED) is 0.0917. The lowest BCUT2D eigenvalue weighted by Crippen LogP contribution is -2.65. The van der Waals surface area contributed by atoms with Crippen LogP contribution in [0, 0.1) is 11.8 Å². The van der Waals surface area contributed by atoms with Crippen molar-refractivity contribution in [3.05, 3.63) is 89.6 Å². The molecular weight excluding hydrogens is 967 g/mol. The van der Waals surface area contributed by atoms with Gasteiger partial charge in [-0.15, -0.1) is 45.3 Å². The van der Waals surface area contributed by atoms with Crippen molar-refractivity contribution in [3.8, 4) is 0 Å². The predicted molar refractivity (Wildman–Crippen MR) is 224 cm³/mol. The number of esters is 2. The maximum atomic E-state index is 13.2. The molecule has 0 amide bonds.